The molecule has 1 saturated heterocycles. The van der Waals surface area contributed by atoms with Crippen LogP contribution >= 0.6 is 0 Å². The molecule has 2 fully saturated rings. The average molecular weight is 299 g/mol. The van der Waals surface area contributed by atoms with Gasteiger partial charge in [0.2, 0.25) is 0 Å². The molecule has 1 aliphatic heterocycles. The van der Waals surface area contributed by atoms with Crippen LogP contribution < -0.4 is 0 Å². The molecule has 5 heteroatoms. The first-order valence-corrected chi connectivity index (χ1v) is 8.06. The van der Waals surface area contributed by atoms with Gasteiger partial charge in [0.1, 0.15) is 11.8 Å². The number of pyridine rings is 1. The summed E-state index contributed by atoms with van der Waals surface area (Å²) in [7, 11) is 0. The Bertz CT molecular complexity index is 596. The number of nitrogens with zero attached hydrogens (tertiary/aromatic N) is 3. The molecule has 1 N–H and O–H groups in total. The van der Waals surface area contributed by atoms with Gasteiger partial charge >= 0.3 is 0 Å². The van der Waals surface area contributed by atoms with Gasteiger partial charge in [-0.2, -0.15) is 5.26 Å². The third-order valence-electron chi connectivity index (χ3n) is 4.96. The molecule has 1 amide bonds. The number of hydrogen-bond donors (Lipinski definition) is 1. The van der Waals surface area contributed by atoms with Crippen molar-refractivity contribution in [2.75, 3.05) is 6.54 Å². The van der Waals surface area contributed by atoms with Crippen molar-refractivity contribution in [1.29, 1.82) is 5.26 Å². The van der Waals surface area contributed by atoms with Crippen molar-refractivity contribution < 1.29 is 9.90 Å². The van der Waals surface area contributed by atoms with E-state index in [0.717, 1.165) is 45.1 Å². The zero-order chi connectivity index (χ0) is 15.5. The maximum Gasteiger partial charge on any atom is 0.254 e. The summed E-state index contributed by atoms with van der Waals surface area (Å²) in [5, 5.41) is 19.2. The summed E-state index contributed by atoms with van der Waals surface area (Å²) in [6, 6.07) is 5.31. The molecule has 0 aromatic carbocycles. The molecular formula is C17H21N3O2. The number of amides is 1. The van der Waals surface area contributed by atoms with Crippen LogP contribution in [0, 0.1) is 17.2 Å². The highest BCUT2D eigenvalue weighted by molar-refractivity contribution is 5.94. The van der Waals surface area contributed by atoms with Gasteiger partial charge in [-0.3, -0.25) is 4.79 Å². The van der Waals surface area contributed by atoms with Crippen LogP contribution in [0.3, 0.4) is 0 Å². The maximum atomic E-state index is 12.8. The SMILES string of the molecule is N#Cc1cc(C(=O)N2CCC[C@@H]2[C@H]2CCCC[C@@H]2O)ccn1. The third kappa shape index (κ3) is 2.84. The van der Waals surface area contributed by atoms with Crippen molar-refractivity contribution in [2.24, 2.45) is 5.92 Å². The number of likely N-dealkylation sites (tertiary alicyclic amines) is 1. The Morgan fingerprint density at radius 1 is 1.32 bits per heavy atom. The van der Waals surface area contributed by atoms with E-state index in [4.69, 9.17) is 5.26 Å². The molecule has 1 aromatic heterocycles. The zero-order valence-corrected chi connectivity index (χ0v) is 12.6. The minimum Gasteiger partial charge on any atom is -0.393 e. The van der Waals surface area contributed by atoms with Crippen molar-refractivity contribution in [3.05, 3.63) is 29.6 Å². The van der Waals surface area contributed by atoms with E-state index in [1.165, 1.54) is 6.20 Å². The van der Waals surface area contributed by atoms with Gasteiger partial charge in [-0.25, -0.2) is 4.98 Å². The van der Waals surface area contributed by atoms with E-state index in [2.05, 4.69) is 4.98 Å². The molecule has 22 heavy (non-hydrogen) atoms. The number of hydrogen-bond acceptors (Lipinski definition) is 4. The number of nitriles is 1. The molecule has 0 spiro atoms. The quantitative estimate of drug-likeness (QED) is 0.907. The second kappa shape index (κ2) is 6.45. The van der Waals surface area contributed by atoms with Gasteiger partial charge in [0.25, 0.3) is 5.91 Å². The molecule has 2 heterocycles. The van der Waals surface area contributed by atoms with E-state index >= 15 is 0 Å². The second-order valence-corrected chi connectivity index (χ2v) is 6.27. The normalized spacial score (nSPS) is 28.4. The number of carbonyl (C=O) groups is 1. The molecule has 1 saturated carbocycles. The van der Waals surface area contributed by atoms with Crippen molar-refractivity contribution in [3.63, 3.8) is 0 Å². The van der Waals surface area contributed by atoms with E-state index in [0.29, 0.717) is 5.56 Å². The van der Waals surface area contributed by atoms with Crippen molar-refractivity contribution >= 4 is 5.91 Å². The minimum atomic E-state index is -0.292. The van der Waals surface area contributed by atoms with E-state index in [1.54, 1.807) is 12.1 Å². The largest absolute Gasteiger partial charge is 0.393 e. The summed E-state index contributed by atoms with van der Waals surface area (Å²) >= 11 is 0. The lowest BCUT2D eigenvalue weighted by molar-refractivity contribution is 0.0211. The molecule has 3 rings (SSSR count). The molecule has 0 radical (unpaired) electrons. The summed E-state index contributed by atoms with van der Waals surface area (Å²) < 4.78 is 0. The fourth-order valence-electron chi connectivity index (χ4n) is 3.87. The van der Waals surface area contributed by atoms with Crippen LogP contribution in [0.25, 0.3) is 0 Å². The van der Waals surface area contributed by atoms with Gasteiger partial charge < -0.3 is 10.0 Å². The Hall–Kier alpha value is -1.93. The van der Waals surface area contributed by atoms with Crippen molar-refractivity contribution in [3.8, 4) is 6.07 Å². The van der Waals surface area contributed by atoms with Gasteiger partial charge in [0, 0.05) is 30.3 Å². The lowest BCUT2D eigenvalue weighted by Crippen LogP contribution is -2.45. The highest BCUT2D eigenvalue weighted by Gasteiger charge is 2.39. The highest BCUT2D eigenvalue weighted by atomic mass is 16.3. The summed E-state index contributed by atoms with van der Waals surface area (Å²) in [5.41, 5.74) is 0.781. The fraction of sp³-hybridized carbons (Fsp3) is 0.588. The molecular weight excluding hydrogens is 278 g/mol. The number of carbonyl (C=O) groups excluding carboxylic acids is 1. The summed E-state index contributed by atoms with van der Waals surface area (Å²) in [4.78, 5) is 18.6. The summed E-state index contributed by atoms with van der Waals surface area (Å²) in [6.07, 6.45) is 7.21. The average Bonchev–Trinajstić information content (AvgIpc) is 3.04. The van der Waals surface area contributed by atoms with Crippen LogP contribution in [0.5, 0.6) is 0 Å². The Labute approximate surface area is 130 Å². The number of aliphatic hydroxyl groups excluding tert-OH is 1. The van der Waals surface area contributed by atoms with Gasteiger partial charge in [0.05, 0.1) is 6.10 Å². The lowest BCUT2D eigenvalue weighted by atomic mass is 9.80. The van der Waals surface area contributed by atoms with Crippen LogP contribution in [-0.2, 0) is 0 Å². The Balaban J connectivity index is 1.80. The van der Waals surface area contributed by atoms with Gasteiger partial charge in [-0.05, 0) is 37.8 Å². The standard InChI is InChI=1S/C17H21N3O2/c18-11-13-10-12(7-8-19-13)17(22)20-9-3-5-15(20)14-4-1-2-6-16(14)21/h7-8,10,14-16,21H,1-6,9H2/t14-,15-,16+/m1/s1. The number of aliphatic hydroxyl groups is 1. The Kier molecular flexibility index (Phi) is 4.39. The first-order valence-electron chi connectivity index (χ1n) is 8.06. The molecule has 3 atom stereocenters. The molecule has 116 valence electrons. The smallest absolute Gasteiger partial charge is 0.254 e. The van der Waals surface area contributed by atoms with Crippen molar-refractivity contribution in [1.82, 2.24) is 9.88 Å². The predicted molar refractivity (Wildman–Crippen MR) is 81.0 cm³/mol. The summed E-state index contributed by atoms with van der Waals surface area (Å²) in [5.74, 6) is 0.150. The van der Waals surface area contributed by atoms with E-state index in [1.807, 2.05) is 11.0 Å². The lowest BCUT2D eigenvalue weighted by Gasteiger charge is -2.37. The topological polar surface area (TPSA) is 77.2 Å². The fourth-order valence-corrected chi connectivity index (χ4v) is 3.87. The van der Waals surface area contributed by atoms with Crippen LogP contribution in [0.1, 0.15) is 54.6 Å². The molecule has 2 aliphatic rings. The number of aromatic nitrogens is 1. The second-order valence-electron chi connectivity index (χ2n) is 6.27. The Morgan fingerprint density at radius 3 is 2.91 bits per heavy atom. The minimum absolute atomic E-state index is 0.0424. The van der Waals surface area contributed by atoms with Crippen LogP contribution in [0.2, 0.25) is 0 Å². The molecule has 1 aliphatic carbocycles. The zero-order valence-electron chi connectivity index (χ0n) is 12.6. The van der Waals surface area contributed by atoms with Gasteiger partial charge in [-0.15, -0.1) is 0 Å². The monoisotopic (exact) mass is 299 g/mol. The first-order chi connectivity index (χ1) is 10.7. The maximum absolute atomic E-state index is 12.8. The number of rotatable bonds is 2. The van der Waals surface area contributed by atoms with Crippen LogP contribution in [0.4, 0.5) is 0 Å². The molecule has 1 aromatic rings. The third-order valence-corrected chi connectivity index (χ3v) is 4.96. The molecule has 5 nitrogen and oxygen atoms in total. The highest BCUT2D eigenvalue weighted by Crippen LogP contribution is 2.35. The Morgan fingerprint density at radius 2 is 2.14 bits per heavy atom. The first kappa shape index (κ1) is 15.0. The van der Waals surface area contributed by atoms with Gasteiger partial charge in [0.15, 0.2) is 0 Å². The van der Waals surface area contributed by atoms with Crippen LogP contribution in [-0.4, -0.2) is 39.6 Å². The van der Waals surface area contributed by atoms with E-state index < -0.39 is 0 Å². The van der Waals surface area contributed by atoms with Gasteiger partial charge in [-0.1, -0.05) is 12.8 Å². The molecule has 0 bridgehead atoms. The van der Waals surface area contributed by atoms with Crippen molar-refractivity contribution in [2.45, 2.75) is 50.7 Å². The van der Waals surface area contributed by atoms with E-state index in [-0.39, 0.29) is 29.7 Å². The predicted octanol–water partition coefficient (Wildman–Crippen LogP) is 2.11. The van der Waals surface area contributed by atoms with Crippen LogP contribution in [0.15, 0.2) is 18.3 Å². The molecule has 0 unspecified atom stereocenters. The summed E-state index contributed by atoms with van der Waals surface area (Å²) in [6.45, 7) is 0.733. The van der Waals surface area contributed by atoms with E-state index in [9.17, 15) is 9.90 Å².